The van der Waals surface area contributed by atoms with Crippen LogP contribution in [0.25, 0.3) is 5.95 Å². The molecule has 0 fully saturated rings. The van der Waals surface area contributed by atoms with Crippen LogP contribution in [0.2, 0.25) is 5.02 Å². The minimum atomic E-state index is -1.27. The third-order valence-corrected chi connectivity index (χ3v) is 6.03. The van der Waals surface area contributed by atoms with Crippen molar-refractivity contribution >= 4 is 40.4 Å². The second-order valence-corrected chi connectivity index (χ2v) is 9.10. The normalized spacial score (nSPS) is 13.1. The summed E-state index contributed by atoms with van der Waals surface area (Å²) in [6, 6.07) is 5.99. The van der Waals surface area contributed by atoms with Crippen LogP contribution < -0.4 is 0 Å². The largest absolute Gasteiger partial charge is 0.612 e. The molecule has 0 aliphatic rings. The molecule has 0 bridgehead atoms. The number of carbonyl (C=O) groups excluding carboxylic acids is 1. The SMILES string of the molecule is CSCCN(C(=O)c1cc(Cl)cc([S+](C)[O-])c1)C(C)c1nnnn1-c1ncccn1. The number of tetrazole rings is 1. The Balaban J connectivity index is 1.97. The average molecular weight is 466 g/mol. The quantitative estimate of drug-likeness (QED) is 0.466. The van der Waals surface area contributed by atoms with Crippen molar-refractivity contribution in [3.63, 3.8) is 0 Å². The van der Waals surface area contributed by atoms with Gasteiger partial charge in [-0.2, -0.15) is 16.4 Å². The van der Waals surface area contributed by atoms with Crippen molar-refractivity contribution in [2.45, 2.75) is 17.9 Å². The van der Waals surface area contributed by atoms with Crippen molar-refractivity contribution in [3.8, 4) is 5.95 Å². The highest BCUT2D eigenvalue weighted by Gasteiger charge is 2.28. The number of nitrogens with zero attached hydrogens (tertiary/aromatic N) is 7. The Bertz CT molecular complexity index is 1000. The second kappa shape index (κ2) is 10.2. The van der Waals surface area contributed by atoms with Crippen LogP contribution in [0.5, 0.6) is 0 Å². The van der Waals surface area contributed by atoms with E-state index in [9.17, 15) is 9.35 Å². The summed E-state index contributed by atoms with van der Waals surface area (Å²) in [6.07, 6.45) is 6.69. The molecule has 158 valence electrons. The van der Waals surface area contributed by atoms with E-state index in [1.165, 1.54) is 4.68 Å². The van der Waals surface area contributed by atoms with E-state index >= 15 is 0 Å². The lowest BCUT2D eigenvalue weighted by molar-refractivity contribution is 0.0695. The number of benzene rings is 1. The van der Waals surface area contributed by atoms with Gasteiger partial charge >= 0.3 is 0 Å². The van der Waals surface area contributed by atoms with Crippen molar-refractivity contribution in [1.29, 1.82) is 0 Å². The van der Waals surface area contributed by atoms with Gasteiger partial charge in [0, 0.05) is 47.4 Å². The van der Waals surface area contributed by atoms with Crippen molar-refractivity contribution in [2.24, 2.45) is 0 Å². The van der Waals surface area contributed by atoms with Gasteiger partial charge in [0.15, 0.2) is 10.7 Å². The lowest BCUT2D eigenvalue weighted by atomic mass is 10.1. The molecule has 3 rings (SSSR count). The van der Waals surface area contributed by atoms with Crippen LogP contribution in [0.4, 0.5) is 0 Å². The van der Waals surface area contributed by atoms with Crippen molar-refractivity contribution in [1.82, 2.24) is 35.1 Å². The average Bonchev–Trinajstić information content (AvgIpc) is 3.23. The van der Waals surface area contributed by atoms with Gasteiger partial charge in [-0.25, -0.2) is 9.97 Å². The number of aromatic nitrogens is 6. The molecule has 0 aliphatic heterocycles. The number of hydrogen-bond donors (Lipinski definition) is 0. The van der Waals surface area contributed by atoms with Gasteiger partial charge < -0.3 is 9.45 Å². The molecule has 0 saturated heterocycles. The molecule has 1 amide bonds. The Labute approximate surface area is 186 Å². The van der Waals surface area contributed by atoms with E-state index in [2.05, 4.69) is 25.5 Å². The van der Waals surface area contributed by atoms with E-state index in [-0.39, 0.29) is 5.91 Å². The van der Waals surface area contributed by atoms with Crippen molar-refractivity contribution < 1.29 is 9.35 Å². The number of rotatable bonds is 8. The maximum Gasteiger partial charge on any atom is 0.254 e. The molecule has 12 heteroatoms. The Morgan fingerprint density at radius 1 is 1.33 bits per heavy atom. The minimum absolute atomic E-state index is 0.255. The number of thioether (sulfide) groups is 1. The standard InChI is InChI=1S/C18H20ClN7O2S2/c1-12(16-22-23-24-26(16)18-20-5-4-6-21-18)25(7-8-29-2)17(27)13-9-14(19)11-15(10-13)30(3)28/h4-6,9-12H,7-8H2,1-3H3. The third-order valence-electron chi connectivity index (χ3n) is 4.32. The molecule has 0 radical (unpaired) electrons. The van der Waals surface area contributed by atoms with E-state index in [1.54, 1.807) is 59.6 Å². The molecule has 2 unspecified atom stereocenters. The summed E-state index contributed by atoms with van der Waals surface area (Å²) in [5.74, 6) is 1.20. The first-order valence-corrected chi connectivity index (χ1v) is 12.2. The predicted molar refractivity (Wildman–Crippen MR) is 116 cm³/mol. The van der Waals surface area contributed by atoms with Crippen LogP contribution in [0, 0.1) is 0 Å². The highest BCUT2D eigenvalue weighted by atomic mass is 35.5. The smallest absolute Gasteiger partial charge is 0.254 e. The molecule has 2 atom stereocenters. The molecule has 0 aliphatic carbocycles. The maximum absolute atomic E-state index is 13.4. The zero-order valence-corrected chi connectivity index (χ0v) is 19.0. The van der Waals surface area contributed by atoms with Gasteiger partial charge in [0.25, 0.3) is 11.9 Å². The molecule has 1 aromatic carbocycles. The highest BCUT2D eigenvalue weighted by Crippen LogP contribution is 2.25. The lowest BCUT2D eigenvalue weighted by Crippen LogP contribution is -2.37. The maximum atomic E-state index is 13.4. The summed E-state index contributed by atoms with van der Waals surface area (Å²) in [7, 11) is 0. The number of halogens is 1. The van der Waals surface area contributed by atoms with Gasteiger partial charge in [-0.15, -0.1) is 5.10 Å². The Morgan fingerprint density at radius 3 is 2.73 bits per heavy atom. The zero-order valence-electron chi connectivity index (χ0n) is 16.6. The number of amides is 1. The van der Waals surface area contributed by atoms with Crippen LogP contribution in [-0.2, 0) is 11.2 Å². The predicted octanol–water partition coefficient (Wildman–Crippen LogP) is 2.41. The van der Waals surface area contributed by atoms with Crippen LogP contribution >= 0.6 is 23.4 Å². The Hall–Kier alpha value is -2.21. The number of carbonyl (C=O) groups is 1. The van der Waals surface area contributed by atoms with Gasteiger partial charge in [-0.3, -0.25) is 4.79 Å². The van der Waals surface area contributed by atoms with Crippen LogP contribution in [0.15, 0.2) is 41.6 Å². The van der Waals surface area contributed by atoms with Crippen molar-refractivity contribution in [3.05, 3.63) is 53.1 Å². The molecule has 3 aromatic rings. The summed E-state index contributed by atoms with van der Waals surface area (Å²) in [6.45, 7) is 2.30. The van der Waals surface area contributed by atoms with E-state index in [0.717, 1.165) is 0 Å². The fraction of sp³-hybridized carbons (Fsp3) is 0.333. The fourth-order valence-corrected chi connectivity index (χ4v) is 4.08. The molecular weight excluding hydrogens is 446 g/mol. The zero-order chi connectivity index (χ0) is 21.7. The first-order valence-electron chi connectivity index (χ1n) is 8.92. The molecule has 0 saturated carbocycles. The molecule has 0 spiro atoms. The van der Waals surface area contributed by atoms with Crippen molar-refractivity contribution in [2.75, 3.05) is 24.8 Å². The van der Waals surface area contributed by atoms with E-state index in [4.69, 9.17) is 11.6 Å². The van der Waals surface area contributed by atoms with Crippen LogP contribution in [-0.4, -0.2) is 70.3 Å². The topological polar surface area (TPSA) is 113 Å². The van der Waals surface area contributed by atoms with Gasteiger partial charge in [0.1, 0.15) is 6.26 Å². The monoisotopic (exact) mass is 465 g/mol. The molecular formula is C18H20ClN7O2S2. The molecule has 2 heterocycles. The van der Waals surface area contributed by atoms with Gasteiger partial charge in [-0.05, 0) is 46.9 Å². The second-order valence-electron chi connectivity index (χ2n) is 6.29. The summed E-state index contributed by atoms with van der Waals surface area (Å²) in [5.41, 5.74) is 0.357. The lowest BCUT2D eigenvalue weighted by Gasteiger charge is -2.28. The van der Waals surface area contributed by atoms with Gasteiger partial charge in [0.2, 0.25) is 0 Å². The summed E-state index contributed by atoms with van der Waals surface area (Å²) >= 11 is 6.52. The Morgan fingerprint density at radius 2 is 2.07 bits per heavy atom. The first kappa shape index (κ1) is 22.5. The highest BCUT2D eigenvalue weighted by molar-refractivity contribution is 7.98. The molecule has 30 heavy (non-hydrogen) atoms. The minimum Gasteiger partial charge on any atom is -0.612 e. The summed E-state index contributed by atoms with van der Waals surface area (Å²) < 4.78 is 13.3. The van der Waals surface area contributed by atoms with Crippen LogP contribution in [0.1, 0.15) is 29.1 Å². The molecule has 9 nitrogen and oxygen atoms in total. The van der Waals surface area contributed by atoms with E-state index in [0.29, 0.717) is 39.6 Å². The first-order chi connectivity index (χ1) is 14.4. The van der Waals surface area contributed by atoms with Gasteiger partial charge in [0.05, 0.1) is 6.04 Å². The van der Waals surface area contributed by atoms with Crippen LogP contribution in [0.3, 0.4) is 0 Å². The molecule has 0 N–H and O–H groups in total. The fourth-order valence-electron chi connectivity index (χ4n) is 2.82. The molecule has 2 aromatic heterocycles. The van der Waals surface area contributed by atoms with E-state index in [1.807, 2.05) is 13.2 Å². The Kier molecular flexibility index (Phi) is 7.64. The number of hydrogen-bond acceptors (Lipinski definition) is 8. The summed E-state index contributed by atoms with van der Waals surface area (Å²) in [4.78, 5) is 23.9. The van der Waals surface area contributed by atoms with E-state index < -0.39 is 17.2 Å². The third kappa shape index (κ3) is 5.09. The summed E-state index contributed by atoms with van der Waals surface area (Å²) in [5, 5.41) is 12.2. The van der Waals surface area contributed by atoms with Gasteiger partial charge in [-0.1, -0.05) is 11.6 Å².